The van der Waals surface area contributed by atoms with Gasteiger partial charge in [0.2, 0.25) is 5.95 Å². The van der Waals surface area contributed by atoms with Crippen molar-refractivity contribution in [3.8, 4) is 11.3 Å². The van der Waals surface area contributed by atoms with Crippen LogP contribution in [0, 0.1) is 0 Å². The molecule has 0 spiro atoms. The van der Waals surface area contributed by atoms with Crippen LogP contribution in [0.2, 0.25) is 5.02 Å². The highest BCUT2D eigenvalue weighted by Crippen LogP contribution is 2.31. The molecule has 24 heavy (non-hydrogen) atoms. The summed E-state index contributed by atoms with van der Waals surface area (Å²) in [4.78, 5) is 12.1. The Kier molecular flexibility index (Phi) is 4.11. The Morgan fingerprint density at radius 2 is 1.88 bits per heavy atom. The van der Waals surface area contributed by atoms with Crippen LogP contribution in [-0.2, 0) is 0 Å². The third kappa shape index (κ3) is 2.84. The number of anilines is 1. The first kappa shape index (κ1) is 15.4. The van der Waals surface area contributed by atoms with Crippen LogP contribution in [0.5, 0.6) is 0 Å². The van der Waals surface area contributed by atoms with Gasteiger partial charge in [0.25, 0.3) is 0 Å². The van der Waals surface area contributed by atoms with Crippen molar-refractivity contribution in [2.45, 2.75) is 32.2 Å². The Balaban J connectivity index is 1.92. The fourth-order valence-corrected chi connectivity index (χ4v) is 3.60. The summed E-state index contributed by atoms with van der Waals surface area (Å²) in [7, 11) is 0. The van der Waals surface area contributed by atoms with E-state index in [0.29, 0.717) is 11.1 Å². The predicted octanol–water partition coefficient (Wildman–Crippen LogP) is 5.33. The van der Waals surface area contributed by atoms with E-state index in [1.807, 2.05) is 36.4 Å². The summed E-state index contributed by atoms with van der Waals surface area (Å²) in [6, 6.07) is 16.6. The Morgan fingerprint density at radius 3 is 2.67 bits per heavy atom. The molecular weight excluding hydrogens is 318 g/mol. The predicted molar refractivity (Wildman–Crippen MR) is 101 cm³/mol. The summed E-state index contributed by atoms with van der Waals surface area (Å²) in [5.74, 6) is 0.830. The number of hydrogen-bond acceptors (Lipinski definition) is 3. The van der Waals surface area contributed by atoms with Crippen LogP contribution in [0.25, 0.3) is 22.2 Å². The summed E-state index contributed by atoms with van der Waals surface area (Å²) in [6.45, 7) is 3.28. The van der Waals surface area contributed by atoms with Crippen LogP contribution in [-0.4, -0.2) is 22.6 Å². The summed E-state index contributed by atoms with van der Waals surface area (Å²) in [5, 5.41) is 1.71. The van der Waals surface area contributed by atoms with Gasteiger partial charge in [-0.1, -0.05) is 41.9 Å². The number of benzene rings is 2. The number of rotatable bonds is 2. The van der Waals surface area contributed by atoms with Crippen molar-refractivity contribution in [1.29, 1.82) is 0 Å². The highest BCUT2D eigenvalue weighted by atomic mass is 35.5. The van der Waals surface area contributed by atoms with Gasteiger partial charge in [-0.3, -0.25) is 0 Å². The van der Waals surface area contributed by atoms with Crippen LogP contribution in [0.4, 0.5) is 5.95 Å². The van der Waals surface area contributed by atoms with E-state index in [2.05, 4.69) is 24.0 Å². The quantitative estimate of drug-likeness (QED) is 0.633. The number of halogens is 1. The van der Waals surface area contributed by atoms with E-state index in [9.17, 15) is 0 Å². The minimum Gasteiger partial charge on any atom is -0.338 e. The molecule has 0 saturated carbocycles. The monoisotopic (exact) mass is 337 g/mol. The summed E-state index contributed by atoms with van der Waals surface area (Å²) in [5.41, 5.74) is 3.00. The molecule has 2 aromatic carbocycles. The van der Waals surface area contributed by atoms with Crippen LogP contribution >= 0.6 is 11.6 Å². The van der Waals surface area contributed by atoms with Crippen LogP contribution in [0.15, 0.2) is 48.5 Å². The normalized spacial score (nSPS) is 18.1. The number of fused-ring (bicyclic) bond motifs is 1. The first-order valence-electron chi connectivity index (χ1n) is 8.52. The van der Waals surface area contributed by atoms with Gasteiger partial charge >= 0.3 is 0 Å². The number of piperidine rings is 1. The lowest BCUT2D eigenvalue weighted by atomic mass is 10.0. The second-order valence-electron chi connectivity index (χ2n) is 6.44. The van der Waals surface area contributed by atoms with Crippen molar-refractivity contribution >= 4 is 28.5 Å². The molecule has 0 unspecified atom stereocenters. The van der Waals surface area contributed by atoms with Gasteiger partial charge in [-0.25, -0.2) is 9.97 Å². The van der Waals surface area contributed by atoms with Crippen LogP contribution in [0.1, 0.15) is 26.2 Å². The maximum Gasteiger partial charge on any atom is 0.226 e. The second-order valence-corrected chi connectivity index (χ2v) is 6.87. The highest BCUT2D eigenvalue weighted by Gasteiger charge is 2.22. The zero-order valence-electron chi connectivity index (χ0n) is 13.7. The van der Waals surface area contributed by atoms with Gasteiger partial charge in [-0.05, 0) is 44.4 Å². The number of aromatic nitrogens is 2. The molecule has 0 aliphatic carbocycles. The molecule has 0 N–H and O–H groups in total. The molecule has 3 aromatic rings. The third-order valence-electron chi connectivity index (χ3n) is 4.75. The first-order valence-corrected chi connectivity index (χ1v) is 8.89. The molecule has 3 nitrogen and oxygen atoms in total. The van der Waals surface area contributed by atoms with Crippen molar-refractivity contribution in [3.05, 3.63) is 53.6 Å². The van der Waals surface area contributed by atoms with Gasteiger partial charge in [0.1, 0.15) is 0 Å². The Morgan fingerprint density at radius 1 is 1.04 bits per heavy atom. The standard InChI is InChI=1S/C20H20ClN3/c1-14-7-5-6-12-24(14)20-22-18-11-10-16(21)13-17(18)19(23-20)15-8-3-2-4-9-15/h2-4,8-11,13-14H,5-7,12H2,1H3/t14-/m1/s1. The molecule has 1 aliphatic heterocycles. The fourth-order valence-electron chi connectivity index (χ4n) is 3.43. The van der Waals surface area contributed by atoms with Crippen molar-refractivity contribution < 1.29 is 0 Å². The van der Waals surface area contributed by atoms with E-state index in [-0.39, 0.29) is 0 Å². The van der Waals surface area contributed by atoms with Gasteiger partial charge in [-0.15, -0.1) is 0 Å². The molecule has 1 fully saturated rings. The lowest BCUT2D eigenvalue weighted by molar-refractivity contribution is 0.478. The lowest BCUT2D eigenvalue weighted by Gasteiger charge is -2.33. The zero-order chi connectivity index (χ0) is 16.5. The Labute approximate surface area is 147 Å². The lowest BCUT2D eigenvalue weighted by Crippen LogP contribution is -2.38. The number of hydrogen-bond donors (Lipinski definition) is 0. The van der Waals surface area contributed by atoms with E-state index >= 15 is 0 Å². The molecule has 2 heterocycles. The average molecular weight is 338 g/mol. The summed E-state index contributed by atoms with van der Waals surface area (Å²) in [6.07, 6.45) is 3.68. The van der Waals surface area contributed by atoms with Gasteiger partial charge in [0.15, 0.2) is 0 Å². The van der Waals surface area contributed by atoms with E-state index < -0.39 is 0 Å². The second kappa shape index (κ2) is 6.40. The topological polar surface area (TPSA) is 29.0 Å². The van der Waals surface area contributed by atoms with Gasteiger partial charge < -0.3 is 4.90 Å². The smallest absolute Gasteiger partial charge is 0.226 e. The Hall–Kier alpha value is -2.13. The molecular formula is C20H20ClN3. The minimum absolute atomic E-state index is 0.479. The fraction of sp³-hybridized carbons (Fsp3) is 0.300. The summed E-state index contributed by atoms with van der Waals surface area (Å²) < 4.78 is 0. The molecule has 0 radical (unpaired) electrons. The van der Waals surface area contributed by atoms with E-state index in [4.69, 9.17) is 21.6 Å². The molecule has 4 heteroatoms. The van der Waals surface area contributed by atoms with Gasteiger partial charge in [0, 0.05) is 28.6 Å². The van der Waals surface area contributed by atoms with E-state index in [0.717, 1.165) is 34.7 Å². The molecule has 1 aromatic heterocycles. The minimum atomic E-state index is 0.479. The van der Waals surface area contributed by atoms with Crippen molar-refractivity contribution in [3.63, 3.8) is 0 Å². The van der Waals surface area contributed by atoms with Crippen LogP contribution < -0.4 is 4.90 Å². The third-order valence-corrected chi connectivity index (χ3v) is 4.99. The first-order chi connectivity index (χ1) is 11.7. The van der Waals surface area contributed by atoms with Crippen molar-refractivity contribution in [1.82, 2.24) is 9.97 Å². The van der Waals surface area contributed by atoms with Crippen molar-refractivity contribution in [2.75, 3.05) is 11.4 Å². The van der Waals surface area contributed by atoms with Gasteiger partial charge in [0.05, 0.1) is 11.2 Å². The number of nitrogens with zero attached hydrogens (tertiary/aromatic N) is 3. The molecule has 1 saturated heterocycles. The zero-order valence-corrected chi connectivity index (χ0v) is 14.5. The van der Waals surface area contributed by atoms with Gasteiger partial charge in [-0.2, -0.15) is 0 Å². The Bertz CT molecular complexity index is 863. The molecule has 0 amide bonds. The van der Waals surface area contributed by atoms with Crippen LogP contribution in [0.3, 0.4) is 0 Å². The van der Waals surface area contributed by atoms with E-state index in [1.54, 1.807) is 0 Å². The van der Waals surface area contributed by atoms with E-state index in [1.165, 1.54) is 19.3 Å². The molecule has 122 valence electrons. The maximum absolute atomic E-state index is 6.22. The highest BCUT2D eigenvalue weighted by molar-refractivity contribution is 6.31. The summed E-state index contributed by atoms with van der Waals surface area (Å²) >= 11 is 6.22. The molecule has 1 atom stereocenters. The average Bonchev–Trinajstić information content (AvgIpc) is 2.62. The van der Waals surface area contributed by atoms with Crippen molar-refractivity contribution in [2.24, 2.45) is 0 Å². The molecule has 0 bridgehead atoms. The maximum atomic E-state index is 6.22. The SMILES string of the molecule is C[C@@H]1CCCCN1c1nc(-c2ccccc2)c2cc(Cl)ccc2n1. The molecule has 1 aliphatic rings. The largest absolute Gasteiger partial charge is 0.338 e. The molecule has 4 rings (SSSR count).